The van der Waals surface area contributed by atoms with Crippen molar-refractivity contribution in [3.05, 3.63) is 59.8 Å². The topological polar surface area (TPSA) is 89.5 Å². The van der Waals surface area contributed by atoms with E-state index >= 15 is 0 Å². The summed E-state index contributed by atoms with van der Waals surface area (Å²) in [6, 6.07) is 0. The van der Waals surface area contributed by atoms with Crippen LogP contribution in [0.2, 0.25) is 36.3 Å². The Bertz CT molecular complexity index is 1450. The van der Waals surface area contributed by atoms with Crippen LogP contribution in [0.3, 0.4) is 0 Å². The van der Waals surface area contributed by atoms with E-state index in [-0.39, 0.29) is 46.2 Å². The van der Waals surface area contributed by atoms with E-state index in [0.717, 1.165) is 62.5 Å². The molecule has 0 radical (unpaired) electrons. The van der Waals surface area contributed by atoms with Crippen LogP contribution in [0.1, 0.15) is 128 Å². The summed E-state index contributed by atoms with van der Waals surface area (Å²) in [6.07, 6.45) is 22.3. The molecule has 2 fully saturated rings. The second-order valence-corrected chi connectivity index (χ2v) is 29.1. The van der Waals surface area contributed by atoms with E-state index in [2.05, 4.69) is 120 Å². The van der Waals surface area contributed by atoms with Crippen molar-refractivity contribution < 1.29 is 37.4 Å². The normalized spacial score (nSPS) is 26.4. The number of carbonyl (C=O) groups is 2. The molecule has 10 heteroatoms. The maximum absolute atomic E-state index is 12.0. The standard InChI is InChI=1S/C46H80O8Si2/c1-18-19-29-45(40(53-56(16,17)44(9,10)11)26-22-35(3)33-42(48)50-13)31-32-46(54-45)30-28-37(5)38(51-46)24-20-34(2)21-25-39(36(4)23-27-41(47)49-12)52-55(14,15)43(6,7)8/h20-23,25-27,33,36-40H,18-19,24,28-32H2,1-17H3/b25-21+,26-22+,27-23+,34-20+,35-33+/t36-,37-,38+,39-,40-,45+,46-/m0/s1. The summed E-state index contributed by atoms with van der Waals surface area (Å²) in [7, 11) is -1.54. The highest BCUT2D eigenvalue weighted by molar-refractivity contribution is 6.74. The highest BCUT2D eigenvalue weighted by Crippen LogP contribution is 2.52. The van der Waals surface area contributed by atoms with E-state index in [1.807, 2.05) is 19.1 Å². The Balaban J connectivity index is 2.42. The van der Waals surface area contributed by atoms with E-state index in [1.165, 1.54) is 26.4 Å². The van der Waals surface area contributed by atoms with Gasteiger partial charge in [-0.3, -0.25) is 0 Å². The molecule has 0 saturated carbocycles. The summed E-state index contributed by atoms with van der Waals surface area (Å²) in [6.45, 7) is 33.3. The van der Waals surface area contributed by atoms with Gasteiger partial charge in [-0.1, -0.05) is 117 Å². The maximum atomic E-state index is 12.0. The Hall–Kier alpha value is -2.09. The molecule has 0 N–H and O–H groups in total. The van der Waals surface area contributed by atoms with Crippen LogP contribution in [-0.2, 0) is 37.4 Å². The molecule has 56 heavy (non-hydrogen) atoms. The molecule has 0 bridgehead atoms. The van der Waals surface area contributed by atoms with Gasteiger partial charge in [0.1, 0.15) is 5.60 Å². The molecule has 0 aromatic carbocycles. The molecule has 7 atom stereocenters. The molecule has 0 aliphatic carbocycles. The first kappa shape index (κ1) is 50.1. The molecular formula is C46H80O8Si2. The average Bonchev–Trinajstić information content (AvgIpc) is 3.47. The number of methoxy groups -OCH3 is 2. The van der Waals surface area contributed by atoms with Crippen molar-refractivity contribution in [1.82, 2.24) is 0 Å². The van der Waals surface area contributed by atoms with E-state index in [1.54, 1.807) is 0 Å². The van der Waals surface area contributed by atoms with Crippen molar-refractivity contribution in [2.75, 3.05) is 14.2 Å². The number of carbonyl (C=O) groups excluding carboxylic acids is 2. The van der Waals surface area contributed by atoms with Gasteiger partial charge in [0.25, 0.3) is 0 Å². The van der Waals surface area contributed by atoms with Gasteiger partial charge in [-0.2, -0.15) is 0 Å². The predicted molar refractivity (Wildman–Crippen MR) is 235 cm³/mol. The zero-order chi connectivity index (χ0) is 42.8. The second-order valence-electron chi connectivity index (χ2n) is 19.5. The van der Waals surface area contributed by atoms with Crippen molar-refractivity contribution in [2.24, 2.45) is 11.8 Å². The van der Waals surface area contributed by atoms with Crippen LogP contribution in [0.5, 0.6) is 0 Å². The second kappa shape index (κ2) is 20.7. The Labute approximate surface area is 344 Å². The van der Waals surface area contributed by atoms with Crippen LogP contribution in [0.15, 0.2) is 59.8 Å². The van der Waals surface area contributed by atoms with Crippen LogP contribution in [0.25, 0.3) is 0 Å². The molecule has 320 valence electrons. The summed E-state index contributed by atoms with van der Waals surface area (Å²) in [4.78, 5) is 23.9. The van der Waals surface area contributed by atoms with Crippen molar-refractivity contribution in [1.29, 1.82) is 0 Å². The summed E-state index contributed by atoms with van der Waals surface area (Å²) < 4.78 is 38.3. The number of ether oxygens (including phenoxy) is 4. The summed E-state index contributed by atoms with van der Waals surface area (Å²) in [5.41, 5.74) is 1.40. The first-order valence-corrected chi connectivity index (χ1v) is 26.9. The molecular weight excluding hydrogens is 737 g/mol. The Morgan fingerprint density at radius 2 is 1.41 bits per heavy atom. The number of rotatable bonds is 18. The highest BCUT2D eigenvalue weighted by atomic mass is 28.4. The molecule has 2 saturated heterocycles. The minimum atomic E-state index is -2.23. The molecule has 0 aromatic rings. The molecule has 0 amide bonds. The van der Waals surface area contributed by atoms with E-state index in [0.29, 0.717) is 5.92 Å². The molecule has 0 aromatic heterocycles. The van der Waals surface area contributed by atoms with Gasteiger partial charge in [-0.15, -0.1) is 0 Å². The number of unbranched alkanes of at least 4 members (excludes halogenated alkanes) is 1. The lowest BCUT2D eigenvalue weighted by molar-refractivity contribution is -0.306. The zero-order valence-corrected chi connectivity index (χ0v) is 40.4. The molecule has 8 nitrogen and oxygen atoms in total. The van der Waals surface area contributed by atoms with E-state index < -0.39 is 28.0 Å². The summed E-state index contributed by atoms with van der Waals surface area (Å²) in [5.74, 6) is -1.05. The minimum Gasteiger partial charge on any atom is -0.466 e. The first-order chi connectivity index (χ1) is 25.8. The van der Waals surface area contributed by atoms with Crippen LogP contribution >= 0.6 is 0 Å². The highest BCUT2D eigenvalue weighted by Gasteiger charge is 2.57. The van der Waals surface area contributed by atoms with Gasteiger partial charge in [-0.25, -0.2) is 9.59 Å². The van der Waals surface area contributed by atoms with Gasteiger partial charge in [0, 0.05) is 30.9 Å². The third kappa shape index (κ3) is 14.3. The van der Waals surface area contributed by atoms with E-state index in [4.69, 9.17) is 27.8 Å². The summed E-state index contributed by atoms with van der Waals surface area (Å²) >= 11 is 0. The fourth-order valence-electron chi connectivity index (χ4n) is 6.70. The molecule has 1 spiro atoms. The van der Waals surface area contributed by atoms with Crippen molar-refractivity contribution >= 4 is 28.6 Å². The number of allylic oxidation sites excluding steroid dienone is 4. The van der Waals surface area contributed by atoms with Gasteiger partial charge in [0.15, 0.2) is 22.4 Å². The van der Waals surface area contributed by atoms with Crippen LogP contribution in [0, 0.1) is 11.8 Å². The van der Waals surface area contributed by atoms with Crippen molar-refractivity contribution in [3.8, 4) is 0 Å². The Kier molecular flexibility index (Phi) is 18.5. The number of hydrogen-bond donors (Lipinski definition) is 0. The average molecular weight is 817 g/mol. The lowest BCUT2D eigenvalue weighted by Gasteiger charge is -2.47. The van der Waals surface area contributed by atoms with E-state index in [9.17, 15) is 9.59 Å². The third-order valence-electron chi connectivity index (χ3n) is 12.8. The van der Waals surface area contributed by atoms with Crippen LogP contribution in [-0.4, -0.2) is 72.5 Å². The molecule has 2 aliphatic heterocycles. The predicted octanol–water partition coefficient (Wildman–Crippen LogP) is 12.0. The van der Waals surface area contributed by atoms with Gasteiger partial charge in [-0.05, 0) is 87.3 Å². The SMILES string of the molecule is CCCC[C@]1([C@H](/C=C/C(C)=C/C(=O)OC)O[Si](C)(C)C(C)(C)C)CC[C@]2(CC[C@H](C)[C@@H](C/C=C(C)/C=C/[C@H](O[Si](C)(C)C(C)(C)C)[C@@H](C)/C=C/C(=O)OC)O2)O1. The van der Waals surface area contributed by atoms with Gasteiger partial charge < -0.3 is 27.8 Å². The summed E-state index contributed by atoms with van der Waals surface area (Å²) in [5, 5.41) is 0.0532. The van der Waals surface area contributed by atoms with Crippen LogP contribution < -0.4 is 0 Å². The smallest absolute Gasteiger partial charge is 0.330 e. The fourth-order valence-corrected chi connectivity index (χ4v) is 9.31. The Morgan fingerprint density at radius 1 is 0.821 bits per heavy atom. The molecule has 2 aliphatic rings. The maximum Gasteiger partial charge on any atom is 0.330 e. The van der Waals surface area contributed by atoms with Crippen molar-refractivity contribution in [2.45, 2.75) is 193 Å². The molecule has 2 rings (SSSR count). The van der Waals surface area contributed by atoms with Gasteiger partial charge >= 0.3 is 11.9 Å². The lowest BCUT2D eigenvalue weighted by Crippen LogP contribution is -2.54. The monoisotopic (exact) mass is 817 g/mol. The zero-order valence-electron chi connectivity index (χ0n) is 38.4. The molecule has 0 unspecified atom stereocenters. The quantitative estimate of drug-likeness (QED) is 0.0585. The largest absolute Gasteiger partial charge is 0.466 e. The fraction of sp³-hybridized carbons (Fsp3) is 0.739. The lowest BCUT2D eigenvalue weighted by atomic mass is 9.85. The number of hydrogen-bond acceptors (Lipinski definition) is 8. The van der Waals surface area contributed by atoms with Gasteiger partial charge in [0.05, 0.1) is 32.5 Å². The van der Waals surface area contributed by atoms with Gasteiger partial charge in [0.2, 0.25) is 0 Å². The van der Waals surface area contributed by atoms with Crippen molar-refractivity contribution in [3.63, 3.8) is 0 Å². The Morgan fingerprint density at radius 3 is 1.98 bits per heavy atom. The molecule has 2 heterocycles. The number of esters is 2. The van der Waals surface area contributed by atoms with Crippen LogP contribution in [0.4, 0.5) is 0 Å². The first-order valence-electron chi connectivity index (χ1n) is 21.0. The third-order valence-corrected chi connectivity index (χ3v) is 21.7. The minimum absolute atomic E-state index is 0.00735.